The zero-order valence-electron chi connectivity index (χ0n) is 42.4. The summed E-state index contributed by atoms with van der Waals surface area (Å²) in [6.07, 6.45) is 29.3. The van der Waals surface area contributed by atoms with Gasteiger partial charge in [0.1, 0.15) is 5.69 Å². The molecule has 0 amide bonds. The van der Waals surface area contributed by atoms with Gasteiger partial charge in [-0.2, -0.15) is 5.10 Å². The van der Waals surface area contributed by atoms with Crippen LogP contribution in [-0.2, 0) is 6.42 Å². The van der Waals surface area contributed by atoms with Crippen LogP contribution in [-0.4, -0.2) is 45.1 Å². The molecule has 10 rings (SSSR count). The van der Waals surface area contributed by atoms with Crippen molar-refractivity contribution in [3.63, 3.8) is 0 Å². The number of aromatic amines is 2. The molecule has 0 radical (unpaired) electrons. The quantitative estimate of drug-likeness (QED) is 0.0425. The molecule has 0 spiro atoms. The first-order valence-electron chi connectivity index (χ1n) is 24.3. The summed E-state index contributed by atoms with van der Waals surface area (Å²) in [5, 5.41) is 15.6. The van der Waals surface area contributed by atoms with E-state index in [1.165, 1.54) is 11.1 Å². The first-order valence-corrected chi connectivity index (χ1v) is 24.3. The molecule has 0 atom stereocenters. The molecule has 0 bridgehead atoms. The van der Waals surface area contributed by atoms with Gasteiger partial charge in [-0.15, -0.1) is 12.8 Å². The second-order valence-corrected chi connectivity index (χ2v) is 17.5. The topological polar surface area (TPSA) is 172 Å². The number of fused-ring (bicyclic) bond motifs is 2. The highest BCUT2D eigenvalue weighted by atomic mass is 15.1. The second-order valence-electron chi connectivity index (χ2n) is 17.5. The lowest BCUT2D eigenvalue weighted by molar-refractivity contribution is 0.645. The Balaban J connectivity index is 0.000000203. The number of hydrogen-bond donors (Lipinski definition) is 5. The Labute approximate surface area is 428 Å². The van der Waals surface area contributed by atoms with Crippen molar-refractivity contribution >= 4 is 39.0 Å². The number of nitrogens with zero attached hydrogens (tertiary/aromatic N) is 7. The van der Waals surface area contributed by atoms with Crippen LogP contribution in [0.5, 0.6) is 0 Å². The summed E-state index contributed by atoms with van der Waals surface area (Å²) in [5.41, 5.74) is 26.1. The summed E-state index contributed by atoms with van der Waals surface area (Å²) in [5.74, 6) is 1.21. The van der Waals surface area contributed by atoms with Crippen LogP contribution in [0.2, 0.25) is 0 Å². The molecule has 8 heterocycles. The largest absolute Gasteiger partial charge is 0.398 e. The average molecular weight is 963 g/mol. The molecule has 0 aliphatic carbocycles. The molecule has 12 heteroatoms. The highest BCUT2D eigenvalue weighted by molar-refractivity contribution is 5.97. The van der Waals surface area contributed by atoms with E-state index < -0.39 is 0 Å². The Morgan fingerprint density at radius 1 is 0.822 bits per heavy atom. The van der Waals surface area contributed by atoms with Gasteiger partial charge in [-0.3, -0.25) is 25.0 Å². The summed E-state index contributed by atoms with van der Waals surface area (Å²) in [6.45, 7) is 20.6. The van der Waals surface area contributed by atoms with Crippen molar-refractivity contribution in [1.82, 2.24) is 50.4 Å². The van der Waals surface area contributed by atoms with Gasteiger partial charge >= 0.3 is 0 Å². The molecule has 366 valence electrons. The van der Waals surface area contributed by atoms with E-state index in [4.69, 9.17) is 10.7 Å². The molecule has 7 aromatic heterocycles. The first kappa shape index (κ1) is 51.6. The third-order valence-electron chi connectivity index (χ3n) is 11.9. The maximum atomic E-state index is 6.42. The summed E-state index contributed by atoms with van der Waals surface area (Å²) in [6, 6.07) is 30.3. The Morgan fingerprint density at radius 2 is 1.62 bits per heavy atom. The molecule has 0 saturated heterocycles. The molecule has 73 heavy (non-hydrogen) atoms. The number of aromatic nitrogens is 9. The molecule has 0 saturated carbocycles. The number of H-pyrrole nitrogens is 2. The predicted molar refractivity (Wildman–Crippen MR) is 302 cm³/mol. The maximum Gasteiger partial charge on any atom is 0.178 e. The van der Waals surface area contributed by atoms with Crippen molar-refractivity contribution in [3.05, 3.63) is 205 Å². The van der Waals surface area contributed by atoms with Gasteiger partial charge in [0.15, 0.2) is 11.5 Å². The number of nitrogens with two attached hydrogens (primary N) is 1. The van der Waals surface area contributed by atoms with Crippen molar-refractivity contribution < 1.29 is 0 Å². The normalized spacial score (nSPS) is 12.1. The summed E-state index contributed by atoms with van der Waals surface area (Å²) in [4.78, 5) is 30.3. The summed E-state index contributed by atoms with van der Waals surface area (Å²) in [7, 11) is 0. The van der Waals surface area contributed by atoms with Crippen LogP contribution in [0.3, 0.4) is 0 Å². The SMILES string of the molecule is C#C.C=C/C=C(\C1=C(C)NC(Cc2cc(-c3cncc(NC(=C)CC(C)C)c3)ccc2N)=CC1)c1ccccn1.CC.Cc1ccncc1-c1ccc2[nH]nc(-c3nc4nccc(-c5ccccn5)c4[nH]3)c2c1. The lowest BCUT2D eigenvalue weighted by atomic mass is 9.92. The average Bonchev–Trinajstić information content (AvgIpc) is 4.05. The standard InChI is InChI=1S/C33H37N5.C24H17N7.C2H6.C2H2/c1-6-9-31(33-10-7-8-15-36-33)30-13-12-28(38-24(30)5)18-26-17-25(11-14-32(26)34)27-19-29(21-35-20-27)37-23(4)16-22(2)3;1-14-7-10-25-13-18(14)15-5-6-20-17(12-15)22(31-30-20)24-28-21-16(8-11-27-23(21)29-24)19-4-2-3-9-26-19;2*1-2/h6-12,14-15,17,19-22,37-38H,1,4,13,16,18,34H2,2-3,5H3;2-13H,1H3,(H,30,31)(H,27,28,29);1-2H3;1-2H/b31-9+;;;. The van der Waals surface area contributed by atoms with Crippen molar-refractivity contribution in [1.29, 1.82) is 0 Å². The number of nitrogens with one attached hydrogen (secondary N) is 4. The number of rotatable bonds is 13. The molecular formula is C61H62N12. The number of dihydropyridines is 1. The highest BCUT2D eigenvalue weighted by Gasteiger charge is 2.19. The second kappa shape index (κ2) is 24.6. The van der Waals surface area contributed by atoms with Gasteiger partial charge in [0.2, 0.25) is 0 Å². The highest BCUT2D eigenvalue weighted by Crippen LogP contribution is 2.35. The zero-order valence-corrected chi connectivity index (χ0v) is 42.4. The van der Waals surface area contributed by atoms with Crippen molar-refractivity contribution in [2.24, 2.45) is 5.92 Å². The zero-order chi connectivity index (χ0) is 51.9. The Bertz CT molecular complexity index is 3460. The molecular weight excluding hydrogens is 901 g/mol. The lowest BCUT2D eigenvalue weighted by Crippen LogP contribution is -2.19. The number of benzene rings is 2. The van der Waals surface area contributed by atoms with Crippen LogP contribution in [0.1, 0.15) is 64.3 Å². The van der Waals surface area contributed by atoms with Crippen LogP contribution in [0.4, 0.5) is 11.4 Å². The fourth-order valence-corrected chi connectivity index (χ4v) is 8.60. The van der Waals surface area contributed by atoms with Gasteiger partial charge in [-0.25, -0.2) is 9.97 Å². The van der Waals surface area contributed by atoms with Gasteiger partial charge in [-0.05, 0) is 127 Å². The van der Waals surface area contributed by atoms with E-state index in [0.717, 1.165) is 114 Å². The molecule has 2 aromatic carbocycles. The third-order valence-corrected chi connectivity index (χ3v) is 11.9. The van der Waals surface area contributed by atoms with E-state index in [2.05, 4.69) is 135 Å². The molecule has 1 aliphatic heterocycles. The van der Waals surface area contributed by atoms with Gasteiger partial charge in [0, 0.05) is 94.0 Å². The fraction of sp³-hybridized carbons (Fsp3) is 0.164. The van der Waals surface area contributed by atoms with E-state index in [1.807, 2.05) is 118 Å². The molecule has 0 fully saturated rings. The number of allylic oxidation sites excluding steroid dienone is 8. The number of hydrogen-bond acceptors (Lipinski definition) is 10. The number of aryl methyl sites for hydroxylation is 1. The number of anilines is 2. The first-order chi connectivity index (χ1) is 35.6. The van der Waals surface area contributed by atoms with E-state index in [0.29, 0.717) is 23.8 Å². The minimum Gasteiger partial charge on any atom is -0.398 e. The van der Waals surface area contributed by atoms with Gasteiger partial charge in [0.25, 0.3) is 0 Å². The fourth-order valence-electron chi connectivity index (χ4n) is 8.60. The van der Waals surface area contributed by atoms with Crippen LogP contribution in [0.15, 0.2) is 188 Å². The van der Waals surface area contributed by atoms with Crippen LogP contribution >= 0.6 is 0 Å². The monoisotopic (exact) mass is 963 g/mol. The van der Waals surface area contributed by atoms with Crippen molar-refractivity contribution in [2.75, 3.05) is 11.1 Å². The van der Waals surface area contributed by atoms with Crippen LogP contribution < -0.4 is 16.4 Å². The Hall–Kier alpha value is -9.21. The molecule has 1 aliphatic rings. The van der Waals surface area contributed by atoms with Gasteiger partial charge < -0.3 is 21.4 Å². The van der Waals surface area contributed by atoms with E-state index in [1.54, 1.807) is 18.6 Å². The van der Waals surface area contributed by atoms with Gasteiger partial charge in [-0.1, -0.05) is 83.3 Å². The number of imidazole rings is 1. The van der Waals surface area contributed by atoms with E-state index >= 15 is 0 Å². The minimum atomic E-state index is 0.544. The smallest absolute Gasteiger partial charge is 0.178 e. The number of pyridine rings is 5. The Kier molecular flexibility index (Phi) is 17.4. The third kappa shape index (κ3) is 12.4. The minimum absolute atomic E-state index is 0.544. The molecule has 12 nitrogen and oxygen atoms in total. The van der Waals surface area contributed by atoms with Crippen molar-refractivity contribution in [2.45, 2.75) is 60.8 Å². The lowest BCUT2D eigenvalue weighted by Gasteiger charge is -2.23. The number of terminal acetylenes is 1. The predicted octanol–water partition coefficient (Wildman–Crippen LogP) is 13.9. The van der Waals surface area contributed by atoms with Crippen LogP contribution in [0.25, 0.3) is 72.7 Å². The van der Waals surface area contributed by atoms with Gasteiger partial charge in [0.05, 0.1) is 34.3 Å². The number of nitrogen functional groups attached to an aromatic ring is 1. The van der Waals surface area contributed by atoms with Crippen LogP contribution in [0, 0.1) is 25.7 Å². The maximum absolute atomic E-state index is 6.42. The Morgan fingerprint density at radius 3 is 2.34 bits per heavy atom. The molecule has 6 N–H and O–H groups in total. The summed E-state index contributed by atoms with van der Waals surface area (Å²) < 4.78 is 0. The summed E-state index contributed by atoms with van der Waals surface area (Å²) >= 11 is 0. The molecule has 0 unspecified atom stereocenters. The van der Waals surface area contributed by atoms with E-state index in [-0.39, 0.29) is 0 Å². The van der Waals surface area contributed by atoms with E-state index in [9.17, 15) is 0 Å². The van der Waals surface area contributed by atoms with Crippen molar-refractivity contribution in [3.8, 4) is 57.9 Å². The molecule has 9 aromatic rings.